The standard InChI is InChI=1S/C18H23N5/c1-3-8-14(4-2)13-19-17-18(10-6-5-7-11-18)22-15-9-12-20-23-16(15)21-17/h3-4,8-9,12,22H,1-2,5-7,10-11,13H2,(H,19,21,23)/b14-8+. The van der Waals surface area contributed by atoms with Gasteiger partial charge in [0.15, 0.2) is 5.82 Å². The molecule has 1 aliphatic heterocycles. The maximum Gasteiger partial charge on any atom is 0.177 e. The molecule has 120 valence electrons. The molecule has 0 unspecified atom stereocenters. The molecule has 5 nitrogen and oxygen atoms in total. The number of amidine groups is 1. The predicted molar refractivity (Wildman–Crippen MR) is 95.9 cm³/mol. The molecule has 2 heterocycles. The molecular formula is C18H23N5. The molecule has 1 aromatic rings. The number of hydrogen-bond donors (Lipinski definition) is 2. The Morgan fingerprint density at radius 1 is 1.30 bits per heavy atom. The molecule has 0 atom stereocenters. The van der Waals surface area contributed by atoms with Crippen molar-refractivity contribution in [3.05, 3.63) is 49.2 Å². The fraction of sp³-hybridized carbons (Fsp3) is 0.389. The van der Waals surface area contributed by atoms with Crippen LogP contribution in [0.25, 0.3) is 0 Å². The van der Waals surface area contributed by atoms with Crippen LogP contribution in [0.2, 0.25) is 0 Å². The van der Waals surface area contributed by atoms with Gasteiger partial charge < -0.3 is 10.6 Å². The van der Waals surface area contributed by atoms with Crippen molar-refractivity contribution in [3.8, 4) is 0 Å². The quantitative estimate of drug-likeness (QED) is 0.832. The van der Waals surface area contributed by atoms with Crippen LogP contribution in [0.4, 0.5) is 11.5 Å². The van der Waals surface area contributed by atoms with Crippen molar-refractivity contribution in [1.82, 2.24) is 10.2 Å². The van der Waals surface area contributed by atoms with E-state index in [4.69, 9.17) is 4.99 Å². The third-order valence-electron chi connectivity index (χ3n) is 4.51. The smallest absolute Gasteiger partial charge is 0.177 e. The summed E-state index contributed by atoms with van der Waals surface area (Å²) in [6, 6.07) is 1.97. The van der Waals surface area contributed by atoms with Crippen LogP contribution in [0, 0.1) is 0 Å². The summed E-state index contributed by atoms with van der Waals surface area (Å²) in [5.74, 6) is 1.71. The monoisotopic (exact) mass is 309 g/mol. The molecule has 1 saturated carbocycles. The number of fused-ring (bicyclic) bond motifs is 1. The van der Waals surface area contributed by atoms with Crippen molar-refractivity contribution < 1.29 is 0 Å². The Morgan fingerprint density at radius 3 is 2.87 bits per heavy atom. The lowest BCUT2D eigenvalue weighted by molar-refractivity contribution is 0.402. The number of nitrogens with one attached hydrogen (secondary N) is 2. The third kappa shape index (κ3) is 3.18. The zero-order valence-electron chi connectivity index (χ0n) is 13.4. The van der Waals surface area contributed by atoms with Gasteiger partial charge in [-0.2, -0.15) is 5.10 Å². The van der Waals surface area contributed by atoms with E-state index < -0.39 is 0 Å². The summed E-state index contributed by atoms with van der Waals surface area (Å²) in [6.07, 6.45) is 13.1. The van der Waals surface area contributed by atoms with E-state index >= 15 is 0 Å². The van der Waals surface area contributed by atoms with Crippen molar-refractivity contribution >= 4 is 17.3 Å². The SMILES string of the molecule is C=C/C=C(\C=C)CN=C1Nc2nnccc2NC12CCCCC2. The Hall–Kier alpha value is -2.43. The maximum atomic E-state index is 4.84. The van der Waals surface area contributed by atoms with Gasteiger partial charge in [0.2, 0.25) is 0 Å². The van der Waals surface area contributed by atoms with E-state index in [0.29, 0.717) is 6.54 Å². The fourth-order valence-electron chi connectivity index (χ4n) is 3.29. The first kappa shape index (κ1) is 15.5. The van der Waals surface area contributed by atoms with Crippen LogP contribution in [0.5, 0.6) is 0 Å². The van der Waals surface area contributed by atoms with Gasteiger partial charge in [0.1, 0.15) is 5.84 Å². The molecule has 1 aromatic heterocycles. The predicted octanol–water partition coefficient (Wildman–Crippen LogP) is 3.71. The highest BCUT2D eigenvalue weighted by Gasteiger charge is 2.41. The summed E-state index contributed by atoms with van der Waals surface area (Å²) in [6.45, 7) is 8.16. The van der Waals surface area contributed by atoms with Gasteiger partial charge in [-0.15, -0.1) is 5.10 Å². The van der Waals surface area contributed by atoms with E-state index in [1.165, 1.54) is 19.3 Å². The number of anilines is 2. The number of aromatic nitrogens is 2. The summed E-state index contributed by atoms with van der Waals surface area (Å²) >= 11 is 0. The van der Waals surface area contributed by atoms with Crippen LogP contribution >= 0.6 is 0 Å². The lowest BCUT2D eigenvalue weighted by Crippen LogP contribution is -2.54. The molecule has 0 radical (unpaired) electrons. The Balaban J connectivity index is 1.93. The second-order valence-electron chi connectivity index (χ2n) is 6.03. The molecule has 0 amide bonds. The summed E-state index contributed by atoms with van der Waals surface area (Å²) in [4.78, 5) is 4.84. The van der Waals surface area contributed by atoms with Gasteiger partial charge in [-0.05, 0) is 24.5 Å². The first-order valence-corrected chi connectivity index (χ1v) is 8.13. The van der Waals surface area contributed by atoms with Gasteiger partial charge in [0.25, 0.3) is 0 Å². The van der Waals surface area contributed by atoms with Crippen LogP contribution in [0.15, 0.2) is 54.2 Å². The van der Waals surface area contributed by atoms with Crippen LogP contribution in [-0.2, 0) is 0 Å². The zero-order chi connectivity index (χ0) is 16.1. The van der Waals surface area contributed by atoms with Crippen LogP contribution in [0.1, 0.15) is 32.1 Å². The Bertz CT molecular complexity index is 653. The minimum Gasteiger partial charge on any atom is -0.370 e. The molecule has 2 N–H and O–H groups in total. The molecular weight excluding hydrogens is 286 g/mol. The normalized spacial score (nSPS) is 21.2. The molecule has 1 aliphatic carbocycles. The summed E-state index contributed by atoms with van der Waals surface area (Å²) in [5, 5.41) is 15.2. The van der Waals surface area contributed by atoms with Gasteiger partial charge in [-0.25, -0.2) is 0 Å². The number of nitrogens with zero attached hydrogens (tertiary/aromatic N) is 3. The Morgan fingerprint density at radius 2 is 2.13 bits per heavy atom. The molecule has 1 spiro atoms. The number of allylic oxidation sites excluding steroid dienone is 2. The molecule has 5 heteroatoms. The van der Waals surface area contributed by atoms with E-state index in [9.17, 15) is 0 Å². The lowest BCUT2D eigenvalue weighted by Gasteiger charge is -2.43. The second-order valence-corrected chi connectivity index (χ2v) is 6.03. The minimum absolute atomic E-state index is 0.116. The third-order valence-corrected chi connectivity index (χ3v) is 4.51. The van der Waals surface area contributed by atoms with Gasteiger partial charge in [-0.1, -0.05) is 50.6 Å². The highest BCUT2D eigenvalue weighted by atomic mass is 15.3. The number of aliphatic imine (C=N–C) groups is 1. The van der Waals surface area contributed by atoms with E-state index in [1.807, 2.05) is 18.2 Å². The molecule has 0 bridgehead atoms. The van der Waals surface area contributed by atoms with Crippen molar-refractivity contribution in [1.29, 1.82) is 0 Å². The topological polar surface area (TPSA) is 62.2 Å². The van der Waals surface area contributed by atoms with Crippen molar-refractivity contribution in [2.75, 3.05) is 17.2 Å². The molecule has 1 fully saturated rings. The van der Waals surface area contributed by atoms with Crippen molar-refractivity contribution in [3.63, 3.8) is 0 Å². The van der Waals surface area contributed by atoms with Gasteiger partial charge in [0, 0.05) is 0 Å². The lowest BCUT2D eigenvalue weighted by atomic mass is 9.79. The van der Waals surface area contributed by atoms with Crippen LogP contribution in [0.3, 0.4) is 0 Å². The molecule has 3 rings (SSSR count). The minimum atomic E-state index is -0.116. The molecule has 0 saturated heterocycles. The van der Waals surface area contributed by atoms with E-state index in [-0.39, 0.29) is 5.54 Å². The molecule has 0 aromatic carbocycles. The highest BCUT2D eigenvalue weighted by Crippen LogP contribution is 2.38. The van der Waals surface area contributed by atoms with Crippen molar-refractivity contribution in [2.45, 2.75) is 37.6 Å². The van der Waals surface area contributed by atoms with Crippen molar-refractivity contribution in [2.24, 2.45) is 4.99 Å². The van der Waals surface area contributed by atoms with E-state index in [1.54, 1.807) is 12.3 Å². The van der Waals surface area contributed by atoms with E-state index in [0.717, 1.165) is 35.8 Å². The fourth-order valence-corrected chi connectivity index (χ4v) is 3.29. The van der Waals surface area contributed by atoms with Gasteiger partial charge >= 0.3 is 0 Å². The Labute approximate surface area is 137 Å². The van der Waals surface area contributed by atoms with Gasteiger partial charge in [-0.3, -0.25) is 4.99 Å². The summed E-state index contributed by atoms with van der Waals surface area (Å²) < 4.78 is 0. The first-order chi connectivity index (χ1) is 11.3. The second kappa shape index (κ2) is 6.77. The Kier molecular flexibility index (Phi) is 4.55. The average molecular weight is 309 g/mol. The molecule has 2 aliphatic rings. The highest BCUT2D eigenvalue weighted by molar-refractivity contribution is 6.08. The zero-order valence-corrected chi connectivity index (χ0v) is 13.4. The largest absolute Gasteiger partial charge is 0.370 e. The summed E-state index contributed by atoms with van der Waals surface area (Å²) in [5.41, 5.74) is 1.94. The number of rotatable bonds is 4. The van der Waals surface area contributed by atoms with E-state index in [2.05, 4.69) is 34.0 Å². The average Bonchev–Trinajstić information content (AvgIpc) is 2.59. The molecule has 23 heavy (non-hydrogen) atoms. The van der Waals surface area contributed by atoms with Crippen LogP contribution < -0.4 is 10.6 Å². The van der Waals surface area contributed by atoms with Crippen LogP contribution in [-0.4, -0.2) is 28.1 Å². The van der Waals surface area contributed by atoms with Gasteiger partial charge in [0.05, 0.1) is 24.0 Å². The summed E-state index contributed by atoms with van der Waals surface area (Å²) in [7, 11) is 0. The number of hydrogen-bond acceptors (Lipinski definition) is 4. The maximum absolute atomic E-state index is 4.84. The first-order valence-electron chi connectivity index (χ1n) is 8.13.